The zero-order valence-corrected chi connectivity index (χ0v) is 9.78. The highest BCUT2D eigenvalue weighted by Crippen LogP contribution is 2.25. The monoisotopic (exact) mass is 201 g/mol. The van der Waals surface area contributed by atoms with Gasteiger partial charge in [-0.3, -0.25) is 0 Å². The number of allylic oxidation sites excluding steroid dienone is 4. The third-order valence-corrected chi connectivity index (χ3v) is 2.11. The minimum absolute atomic E-state index is 0.0480. The van der Waals surface area contributed by atoms with Crippen LogP contribution < -0.4 is 5.73 Å². The summed E-state index contributed by atoms with van der Waals surface area (Å²) >= 11 is 6.02. The Balaban J connectivity index is 4.45. The van der Waals surface area contributed by atoms with Crippen LogP contribution in [-0.4, -0.2) is 0 Å². The number of halogens is 1. The second kappa shape index (κ2) is 5.33. The van der Waals surface area contributed by atoms with Crippen molar-refractivity contribution in [2.75, 3.05) is 0 Å². The fourth-order valence-corrected chi connectivity index (χ4v) is 1.17. The van der Waals surface area contributed by atoms with Crippen LogP contribution in [0, 0.1) is 5.41 Å². The average molecular weight is 202 g/mol. The van der Waals surface area contributed by atoms with Crippen molar-refractivity contribution in [3.63, 3.8) is 0 Å². The second-order valence-electron chi connectivity index (χ2n) is 4.20. The molecule has 2 heteroatoms. The molecule has 0 aliphatic heterocycles. The summed E-state index contributed by atoms with van der Waals surface area (Å²) in [6.07, 6.45) is 6.14. The molecule has 0 aliphatic rings. The SMILES string of the molecule is CCC/C=C\C(Cl)=C(/N)C(C)(C)C. The van der Waals surface area contributed by atoms with Gasteiger partial charge in [-0.25, -0.2) is 0 Å². The van der Waals surface area contributed by atoms with Crippen LogP contribution in [0.1, 0.15) is 40.5 Å². The van der Waals surface area contributed by atoms with Crippen LogP contribution in [0.15, 0.2) is 22.9 Å². The molecule has 0 saturated carbocycles. The summed E-state index contributed by atoms with van der Waals surface area (Å²) in [5, 5.41) is 0.668. The quantitative estimate of drug-likeness (QED) is 0.691. The smallest absolute Gasteiger partial charge is 0.0595 e. The Labute approximate surface area is 86.7 Å². The van der Waals surface area contributed by atoms with Crippen LogP contribution in [-0.2, 0) is 0 Å². The van der Waals surface area contributed by atoms with Gasteiger partial charge in [0.15, 0.2) is 0 Å². The highest BCUT2D eigenvalue weighted by atomic mass is 35.5. The van der Waals surface area contributed by atoms with E-state index in [2.05, 4.69) is 33.8 Å². The first kappa shape index (κ1) is 12.6. The summed E-state index contributed by atoms with van der Waals surface area (Å²) in [6.45, 7) is 8.30. The van der Waals surface area contributed by atoms with E-state index in [1.807, 2.05) is 6.08 Å². The lowest BCUT2D eigenvalue weighted by Crippen LogP contribution is -2.17. The van der Waals surface area contributed by atoms with Crippen molar-refractivity contribution in [3.8, 4) is 0 Å². The molecular weight excluding hydrogens is 182 g/mol. The van der Waals surface area contributed by atoms with Gasteiger partial charge in [-0.1, -0.05) is 51.8 Å². The van der Waals surface area contributed by atoms with Gasteiger partial charge in [0.1, 0.15) is 0 Å². The highest BCUT2D eigenvalue weighted by Gasteiger charge is 2.15. The van der Waals surface area contributed by atoms with Crippen LogP contribution in [0.2, 0.25) is 0 Å². The van der Waals surface area contributed by atoms with E-state index in [1.54, 1.807) is 0 Å². The Kier molecular flexibility index (Phi) is 5.16. The number of hydrogen-bond acceptors (Lipinski definition) is 1. The Hall–Kier alpha value is -0.430. The number of hydrogen-bond donors (Lipinski definition) is 1. The van der Waals surface area contributed by atoms with Crippen molar-refractivity contribution < 1.29 is 0 Å². The molecule has 0 bridgehead atoms. The van der Waals surface area contributed by atoms with Gasteiger partial charge in [0.2, 0.25) is 0 Å². The molecule has 0 aromatic carbocycles. The molecule has 0 heterocycles. The van der Waals surface area contributed by atoms with E-state index in [1.165, 1.54) is 0 Å². The first-order chi connectivity index (χ1) is 5.89. The summed E-state index contributed by atoms with van der Waals surface area (Å²) < 4.78 is 0. The minimum atomic E-state index is -0.0480. The largest absolute Gasteiger partial charge is 0.400 e. The molecule has 0 fully saturated rings. The van der Waals surface area contributed by atoms with E-state index in [0.29, 0.717) is 5.03 Å². The maximum absolute atomic E-state index is 6.02. The van der Waals surface area contributed by atoms with Crippen molar-refractivity contribution in [3.05, 3.63) is 22.9 Å². The van der Waals surface area contributed by atoms with Gasteiger partial charge in [-0.2, -0.15) is 0 Å². The summed E-state index contributed by atoms with van der Waals surface area (Å²) in [6, 6.07) is 0. The predicted molar refractivity (Wildman–Crippen MR) is 60.6 cm³/mol. The number of rotatable bonds is 3. The normalized spacial score (nSPS) is 14.8. The molecule has 0 aromatic rings. The van der Waals surface area contributed by atoms with Gasteiger partial charge < -0.3 is 5.73 Å². The van der Waals surface area contributed by atoms with Crippen molar-refractivity contribution in [1.29, 1.82) is 0 Å². The molecule has 2 N–H and O–H groups in total. The molecule has 0 rings (SSSR count). The molecule has 0 unspecified atom stereocenters. The third-order valence-electron chi connectivity index (χ3n) is 1.78. The Bertz CT molecular complexity index is 209. The van der Waals surface area contributed by atoms with Gasteiger partial charge in [0, 0.05) is 11.1 Å². The number of unbranched alkanes of at least 4 members (excludes halogenated alkanes) is 1. The van der Waals surface area contributed by atoms with Crippen molar-refractivity contribution in [2.45, 2.75) is 40.5 Å². The van der Waals surface area contributed by atoms with Gasteiger partial charge in [0.25, 0.3) is 0 Å². The molecule has 0 saturated heterocycles. The Morgan fingerprint density at radius 1 is 1.38 bits per heavy atom. The molecule has 0 aromatic heterocycles. The standard InChI is InChI=1S/C11H20ClN/c1-5-6-7-8-9(12)10(13)11(2,3)4/h7-8H,5-6,13H2,1-4H3/b8-7-,10-9+. The third kappa shape index (κ3) is 4.99. The minimum Gasteiger partial charge on any atom is -0.400 e. The molecule has 0 radical (unpaired) electrons. The van der Waals surface area contributed by atoms with Crippen LogP contribution in [0.3, 0.4) is 0 Å². The van der Waals surface area contributed by atoms with E-state index in [9.17, 15) is 0 Å². The van der Waals surface area contributed by atoms with Crippen LogP contribution >= 0.6 is 11.6 Å². The molecule has 0 aliphatic carbocycles. The number of nitrogens with two attached hydrogens (primary N) is 1. The Morgan fingerprint density at radius 2 is 1.92 bits per heavy atom. The lowest BCUT2D eigenvalue weighted by molar-refractivity contribution is 0.496. The summed E-state index contributed by atoms with van der Waals surface area (Å²) in [7, 11) is 0. The first-order valence-electron chi connectivity index (χ1n) is 4.72. The zero-order chi connectivity index (χ0) is 10.5. The summed E-state index contributed by atoms with van der Waals surface area (Å²) in [5.74, 6) is 0. The van der Waals surface area contributed by atoms with E-state index in [0.717, 1.165) is 18.5 Å². The topological polar surface area (TPSA) is 26.0 Å². The van der Waals surface area contributed by atoms with E-state index in [4.69, 9.17) is 17.3 Å². The Morgan fingerprint density at radius 3 is 2.31 bits per heavy atom. The van der Waals surface area contributed by atoms with Crippen LogP contribution in [0.25, 0.3) is 0 Å². The predicted octanol–water partition coefficient (Wildman–Crippen LogP) is 3.80. The summed E-state index contributed by atoms with van der Waals surface area (Å²) in [5.41, 5.74) is 6.58. The van der Waals surface area contributed by atoms with E-state index in [-0.39, 0.29) is 5.41 Å². The van der Waals surface area contributed by atoms with Gasteiger partial charge in [-0.05, 0) is 12.5 Å². The lowest BCUT2D eigenvalue weighted by atomic mass is 9.92. The molecule has 76 valence electrons. The van der Waals surface area contributed by atoms with Crippen molar-refractivity contribution in [1.82, 2.24) is 0 Å². The molecular formula is C11H20ClN. The van der Waals surface area contributed by atoms with Gasteiger partial charge in [-0.15, -0.1) is 0 Å². The van der Waals surface area contributed by atoms with Gasteiger partial charge in [0.05, 0.1) is 5.03 Å². The molecule has 0 spiro atoms. The highest BCUT2D eigenvalue weighted by molar-refractivity contribution is 6.31. The molecule has 1 nitrogen and oxygen atoms in total. The molecule has 0 atom stereocenters. The summed E-state index contributed by atoms with van der Waals surface area (Å²) in [4.78, 5) is 0. The van der Waals surface area contributed by atoms with E-state index >= 15 is 0 Å². The lowest BCUT2D eigenvalue weighted by Gasteiger charge is -2.19. The average Bonchev–Trinajstić information content (AvgIpc) is 2.01. The maximum atomic E-state index is 6.02. The molecule has 0 amide bonds. The first-order valence-corrected chi connectivity index (χ1v) is 5.09. The second-order valence-corrected chi connectivity index (χ2v) is 4.61. The van der Waals surface area contributed by atoms with Crippen LogP contribution in [0.5, 0.6) is 0 Å². The van der Waals surface area contributed by atoms with E-state index < -0.39 is 0 Å². The van der Waals surface area contributed by atoms with Gasteiger partial charge >= 0.3 is 0 Å². The fraction of sp³-hybridized carbons (Fsp3) is 0.636. The van der Waals surface area contributed by atoms with Crippen molar-refractivity contribution in [2.24, 2.45) is 11.1 Å². The van der Waals surface area contributed by atoms with Crippen LogP contribution in [0.4, 0.5) is 0 Å². The fourth-order valence-electron chi connectivity index (χ4n) is 0.801. The molecule has 13 heavy (non-hydrogen) atoms. The zero-order valence-electron chi connectivity index (χ0n) is 9.02. The van der Waals surface area contributed by atoms with Crippen molar-refractivity contribution >= 4 is 11.6 Å². The maximum Gasteiger partial charge on any atom is 0.0595 e.